The monoisotopic (exact) mass is 333 g/mol. The first-order chi connectivity index (χ1) is 12.9. The number of hydrogen-bond donors (Lipinski definition) is 0. The Morgan fingerprint density at radius 2 is 1.15 bits per heavy atom. The van der Waals surface area contributed by atoms with E-state index in [2.05, 4.69) is 41.4 Å². The molecule has 0 atom stereocenters. The summed E-state index contributed by atoms with van der Waals surface area (Å²) in [6, 6.07) is 28.5. The first kappa shape index (κ1) is 14.7. The molecule has 3 aromatic carbocycles. The minimum atomic E-state index is 0.835. The fraction of sp³-hybridized carbons (Fsp3) is 0. The van der Waals surface area contributed by atoms with Crippen molar-refractivity contribution in [1.29, 1.82) is 0 Å². The molecule has 0 spiro atoms. The molecular weight excluding hydrogens is 318 g/mol. The zero-order valence-electron chi connectivity index (χ0n) is 14.0. The molecule has 0 aliphatic carbocycles. The SMILES string of the molecule is c1ccc(-c2nc3ccc4cccnc4c3nc2-c2ccccc2)cc1. The van der Waals surface area contributed by atoms with Crippen LogP contribution in [0.2, 0.25) is 0 Å². The van der Waals surface area contributed by atoms with Gasteiger partial charge in [0.1, 0.15) is 5.52 Å². The second-order valence-corrected chi connectivity index (χ2v) is 6.16. The van der Waals surface area contributed by atoms with Gasteiger partial charge in [0.2, 0.25) is 0 Å². The standard InChI is InChI=1S/C23H15N3/c1-3-8-16(9-4-1)21-22(17-10-5-2-6-11-17)26-23-19(25-21)14-13-18-12-7-15-24-20(18)23/h1-15H. The maximum absolute atomic E-state index is 5.02. The van der Waals surface area contributed by atoms with Gasteiger partial charge in [0.25, 0.3) is 0 Å². The molecule has 3 heteroatoms. The van der Waals surface area contributed by atoms with Crippen molar-refractivity contribution in [2.24, 2.45) is 0 Å². The highest BCUT2D eigenvalue weighted by atomic mass is 14.8. The molecule has 0 N–H and O–H groups in total. The molecule has 2 aromatic heterocycles. The van der Waals surface area contributed by atoms with Gasteiger partial charge in [-0.15, -0.1) is 0 Å². The van der Waals surface area contributed by atoms with Crippen molar-refractivity contribution < 1.29 is 0 Å². The molecule has 0 aliphatic rings. The van der Waals surface area contributed by atoms with E-state index in [9.17, 15) is 0 Å². The van der Waals surface area contributed by atoms with E-state index >= 15 is 0 Å². The summed E-state index contributed by atoms with van der Waals surface area (Å²) in [5.74, 6) is 0. The third kappa shape index (κ3) is 2.42. The van der Waals surface area contributed by atoms with Crippen LogP contribution in [-0.2, 0) is 0 Å². The topological polar surface area (TPSA) is 38.7 Å². The van der Waals surface area contributed by atoms with Crippen LogP contribution in [0.3, 0.4) is 0 Å². The average Bonchev–Trinajstić information content (AvgIpc) is 2.74. The number of hydrogen-bond acceptors (Lipinski definition) is 3. The van der Waals surface area contributed by atoms with Crippen LogP contribution in [0.4, 0.5) is 0 Å². The van der Waals surface area contributed by atoms with Crippen LogP contribution in [0.25, 0.3) is 44.5 Å². The molecule has 0 radical (unpaired) electrons. The van der Waals surface area contributed by atoms with E-state index in [1.807, 2.05) is 48.5 Å². The molecular formula is C23H15N3. The van der Waals surface area contributed by atoms with Crippen molar-refractivity contribution in [3.63, 3.8) is 0 Å². The van der Waals surface area contributed by atoms with Crippen molar-refractivity contribution in [3.8, 4) is 22.5 Å². The van der Waals surface area contributed by atoms with Crippen molar-refractivity contribution in [2.75, 3.05) is 0 Å². The minimum absolute atomic E-state index is 0.835. The average molecular weight is 333 g/mol. The molecule has 3 nitrogen and oxygen atoms in total. The number of pyridine rings is 1. The van der Waals surface area contributed by atoms with Crippen LogP contribution in [-0.4, -0.2) is 15.0 Å². The van der Waals surface area contributed by atoms with Gasteiger partial charge >= 0.3 is 0 Å². The first-order valence-corrected chi connectivity index (χ1v) is 8.56. The normalized spacial score (nSPS) is 11.1. The summed E-state index contributed by atoms with van der Waals surface area (Å²) in [5, 5.41) is 1.07. The Labute approximate surface area is 151 Å². The molecule has 122 valence electrons. The van der Waals surface area contributed by atoms with Gasteiger partial charge in [-0.1, -0.05) is 72.8 Å². The zero-order chi connectivity index (χ0) is 17.3. The van der Waals surface area contributed by atoms with Crippen LogP contribution in [0.5, 0.6) is 0 Å². The summed E-state index contributed by atoms with van der Waals surface area (Å²) < 4.78 is 0. The quantitative estimate of drug-likeness (QED) is 0.400. The van der Waals surface area contributed by atoms with E-state index in [1.54, 1.807) is 6.20 Å². The number of aromatic nitrogens is 3. The fourth-order valence-corrected chi connectivity index (χ4v) is 3.25. The second-order valence-electron chi connectivity index (χ2n) is 6.16. The van der Waals surface area contributed by atoms with Gasteiger partial charge in [-0.2, -0.15) is 0 Å². The minimum Gasteiger partial charge on any atom is -0.254 e. The highest BCUT2D eigenvalue weighted by molar-refractivity contribution is 6.03. The van der Waals surface area contributed by atoms with E-state index in [1.165, 1.54) is 0 Å². The van der Waals surface area contributed by atoms with Crippen molar-refractivity contribution in [1.82, 2.24) is 15.0 Å². The number of rotatable bonds is 2. The predicted octanol–water partition coefficient (Wildman–Crippen LogP) is 5.51. The molecule has 2 heterocycles. The second kappa shape index (κ2) is 6.05. The summed E-state index contributed by atoms with van der Waals surface area (Å²) in [7, 11) is 0. The largest absolute Gasteiger partial charge is 0.254 e. The number of fused-ring (bicyclic) bond motifs is 3. The Hall–Kier alpha value is -3.59. The van der Waals surface area contributed by atoms with Crippen LogP contribution >= 0.6 is 0 Å². The van der Waals surface area contributed by atoms with E-state index < -0.39 is 0 Å². The maximum Gasteiger partial charge on any atom is 0.116 e. The molecule has 5 aromatic rings. The molecule has 0 fully saturated rings. The first-order valence-electron chi connectivity index (χ1n) is 8.56. The summed E-state index contributed by atoms with van der Waals surface area (Å²) >= 11 is 0. The number of benzene rings is 3. The summed E-state index contributed by atoms with van der Waals surface area (Å²) in [4.78, 5) is 14.5. The molecule has 0 saturated heterocycles. The Balaban J connectivity index is 1.90. The highest BCUT2D eigenvalue weighted by Gasteiger charge is 2.14. The predicted molar refractivity (Wildman–Crippen MR) is 106 cm³/mol. The molecule has 0 bridgehead atoms. The molecule has 0 amide bonds. The van der Waals surface area contributed by atoms with Gasteiger partial charge < -0.3 is 0 Å². The lowest BCUT2D eigenvalue weighted by Crippen LogP contribution is -1.96. The van der Waals surface area contributed by atoms with Crippen LogP contribution < -0.4 is 0 Å². The molecule has 5 rings (SSSR count). The van der Waals surface area contributed by atoms with E-state index in [0.717, 1.165) is 44.5 Å². The molecule has 0 saturated carbocycles. The van der Waals surface area contributed by atoms with Gasteiger partial charge in [-0.25, -0.2) is 9.97 Å². The third-order valence-corrected chi connectivity index (χ3v) is 4.50. The maximum atomic E-state index is 5.02. The van der Waals surface area contributed by atoms with Gasteiger partial charge in [-0.3, -0.25) is 4.98 Å². The fourth-order valence-electron chi connectivity index (χ4n) is 3.25. The highest BCUT2D eigenvalue weighted by Crippen LogP contribution is 2.32. The third-order valence-electron chi connectivity index (χ3n) is 4.50. The van der Waals surface area contributed by atoms with E-state index in [-0.39, 0.29) is 0 Å². The summed E-state index contributed by atoms with van der Waals surface area (Å²) in [6.07, 6.45) is 1.80. The van der Waals surface area contributed by atoms with E-state index in [4.69, 9.17) is 9.97 Å². The Kier molecular flexibility index (Phi) is 3.42. The molecule has 26 heavy (non-hydrogen) atoms. The van der Waals surface area contributed by atoms with Crippen molar-refractivity contribution >= 4 is 21.9 Å². The lowest BCUT2D eigenvalue weighted by atomic mass is 10.0. The Morgan fingerprint density at radius 3 is 1.85 bits per heavy atom. The van der Waals surface area contributed by atoms with Gasteiger partial charge in [0.15, 0.2) is 0 Å². The lowest BCUT2D eigenvalue weighted by Gasteiger charge is -2.11. The van der Waals surface area contributed by atoms with Gasteiger partial charge in [0.05, 0.1) is 22.4 Å². The van der Waals surface area contributed by atoms with Crippen LogP contribution in [0, 0.1) is 0 Å². The number of nitrogens with zero attached hydrogens (tertiary/aromatic N) is 3. The lowest BCUT2D eigenvalue weighted by molar-refractivity contribution is 1.29. The Morgan fingerprint density at radius 1 is 0.500 bits per heavy atom. The molecule has 0 unspecified atom stereocenters. The van der Waals surface area contributed by atoms with Crippen LogP contribution in [0.1, 0.15) is 0 Å². The smallest absolute Gasteiger partial charge is 0.116 e. The van der Waals surface area contributed by atoms with E-state index in [0.29, 0.717) is 0 Å². The van der Waals surface area contributed by atoms with Crippen LogP contribution in [0.15, 0.2) is 91.1 Å². The van der Waals surface area contributed by atoms with Gasteiger partial charge in [-0.05, 0) is 12.1 Å². The summed E-state index contributed by atoms with van der Waals surface area (Å²) in [6.45, 7) is 0. The summed E-state index contributed by atoms with van der Waals surface area (Å²) in [5.41, 5.74) is 6.45. The van der Waals surface area contributed by atoms with Gasteiger partial charge in [0, 0.05) is 22.7 Å². The van der Waals surface area contributed by atoms with Crippen molar-refractivity contribution in [3.05, 3.63) is 91.1 Å². The Bertz CT molecular complexity index is 1220. The van der Waals surface area contributed by atoms with Crippen molar-refractivity contribution in [2.45, 2.75) is 0 Å². The molecule has 0 aliphatic heterocycles. The zero-order valence-corrected chi connectivity index (χ0v) is 14.0.